The predicted molar refractivity (Wildman–Crippen MR) is 81.6 cm³/mol. The highest BCUT2D eigenvalue weighted by Crippen LogP contribution is 2.44. The maximum absolute atomic E-state index is 12.0. The van der Waals surface area contributed by atoms with E-state index >= 15 is 0 Å². The molecule has 1 N–H and O–H groups in total. The lowest BCUT2D eigenvalue weighted by atomic mass is 9.66. The fourth-order valence-corrected chi connectivity index (χ4v) is 3.99. The minimum atomic E-state index is -0.423. The van der Waals surface area contributed by atoms with Gasteiger partial charge in [0.05, 0.1) is 6.61 Å². The lowest BCUT2D eigenvalue weighted by Crippen LogP contribution is -2.41. The van der Waals surface area contributed by atoms with Gasteiger partial charge in [-0.15, -0.1) is 0 Å². The van der Waals surface area contributed by atoms with E-state index in [1.54, 1.807) is 6.92 Å². The van der Waals surface area contributed by atoms with Crippen molar-refractivity contribution in [2.45, 2.75) is 65.8 Å². The van der Waals surface area contributed by atoms with Gasteiger partial charge < -0.3 is 10.1 Å². The Morgan fingerprint density at radius 2 is 1.86 bits per heavy atom. The minimum Gasteiger partial charge on any atom is -0.464 e. The van der Waals surface area contributed by atoms with Crippen LogP contribution in [0, 0.1) is 23.2 Å². The Hall–Kier alpha value is -1.06. The third-order valence-corrected chi connectivity index (χ3v) is 5.31. The molecule has 0 spiro atoms. The lowest BCUT2D eigenvalue weighted by Gasteiger charge is -2.39. The molecular formula is C17H29NO3. The number of hydrogen-bond acceptors (Lipinski definition) is 3. The highest BCUT2D eigenvalue weighted by molar-refractivity contribution is 5.88. The zero-order chi connectivity index (χ0) is 15.6. The second kappa shape index (κ2) is 6.37. The van der Waals surface area contributed by atoms with E-state index in [1.807, 2.05) is 0 Å². The molecule has 1 amide bonds. The Bertz CT molecular complexity index is 391. The molecule has 4 nitrogen and oxygen atoms in total. The van der Waals surface area contributed by atoms with Crippen molar-refractivity contribution in [2.24, 2.45) is 23.2 Å². The smallest absolute Gasteiger partial charge is 0.328 e. The minimum absolute atomic E-state index is 0.00371. The van der Waals surface area contributed by atoms with Crippen LogP contribution in [0.25, 0.3) is 0 Å². The summed E-state index contributed by atoms with van der Waals surface area (Å²) in [5, 5.41) is 2.81. The molecule has 2 fully saturated rings. The van der Waals surface area contributed by atoms with Crippen LogP contribution in [0.1, 0.15) is 59.8 Å². The zero-order valence-electron chi connectivity index (χ0n) is 13.8. The third-order valence-electron chi connectivity index (χ3n) is 5.31. The molecule has 2 unspecified atom stereocenters. The van der Waals surface area contributed by atoms with Gasteiger partial charge in [-0.25, -0.2) is 4.79 Å². The first-order valence-electron chi connectivity index (χ1n) is 8.29. The van der Waals surface area contributed by atoms with Crippen LogP contribution < -0.4 is 5.32 Å². The fourth-order valence-electron chi connectivity index (χ4n) is 3.99. The van der Waals surface area contributed by atoms with Crippen molar-refractivity contribution < 1.29 is 14.3 Å². The number of carbonyl (C=O) groups excluding carboxylic acids is 2. The van der Waals surface area contributed by atoms with Crippen molar-refractivity contribution in [3.8, 4) is 0 Å². The molecule has 1 saturated carbocycles. The van der Waals surface area contributed by atoms with Gasteiger partial charge in [-0.3, -0.25) is 4.79 Å². The Balaban J connectivity index is 1.98. The number of nitrogens with one attached hydrogen (secondary N) is 1. The summed E-state index contributed by atoms with van der Waals surface area (Å²) in [4.78, 5) is 23.8. The largest absolute Gasteiger partial charge is 0.464 e. The second-order valence-corrected chi connectivity index (χ2v) is 7.64. The average Bonchev–Trinajstić information content (AvgIpc) is 2.80. The summed E-state index contributed by atoms with van der Waals surface area (Å²) in [7, 11) is 0. The van der Waals surface area contributed by atoms with Gasteiger partial charge in [0, 0.05) is 12.3 Å². The Labute approximate surface area is 128 Å². The third kappa shape index (κ3) is 3.78. The molecule has 1 heterocycles. The Morgan fingerprint density at radius 1 is 1.24 bits per heavy atom. The van der Waals surface area contributed by atoms with E-state index in [-0.39, 0.29) is 17.8 Å². The molecule has 0 aromatic carbocycles. The predicted octanol–water partition coefficient (Wildman–Crippen LogP) is 2.91. The summed E-state index contributed by atoms with van der Waals surface area (Å²) in [5.74, 6) is 1.08. The highest BCUT2D eigenvalue weighted by Gasteiger charge is 2.44. The molecular weight excluding hydrogens is 266 g/mol. The molecule has 0 aromatic rings. The summed E-state index contributed by atoms with van der Waals surface area (Å²) in [6.45, 7) is 9.09. The zero-order valence-corrected chi connectivity index (χ0v) is 13.8. The van der Waals surface area contributed by atoms with Crippen LogP contribution in [0.5, 0.6) is 0 Å². The molecule has 2 atom stereocenters. The van der Waals surface area contributed by atoms with Gasteiger partial charge in [0.2, 0.25) is 5.91 Å². The molecule has 120 valence electrons. The highest BCUT2D eigenvalue weighted by atomic mass is 16.5. The van der Waals surface area contributed by atoms with Crippen molar-refractivity contribution in [1.29, 1.82) is 0 Å². The maximum atomic E-state index is 12.0. The number of esters is 1. The van der Waals surface area contributed by atoms with E-state index < -0.39 is 6.04 Å². The second-order valence-electron chi connectivity index (χ2n) is 7.64. The molecule has 0 radical (unpaired) electrons. The molecule has 1 aliphatic heterocycles. The van der Waals surface area contributed by atoms with Gasteiger partial charge in [0.15, 0.2) is 0 Å². The number of amides is 1. The SMILES string of the molecule is CCOC(=O)C1NC(=O)CC1C1CCC(C(C)(C)C)CC1. The molecule has 0 aromatic heterocycles. The van der Waals surface area contributed by atoms with Crippen LogP contribution in [0.15, 0.2) is 0 Å². The van der Waals surface area contributed by atoms with Gasteiger partial charge in [-0.05, 0) is 49.9 Å². The van der Waals surface area contributed by atoms with Crippen LogP contribution in [0.4, 0.5) is 0 Å². The lowest BCUT2D eigenvalue weighted by molar-refractivity contribution is -0.147. The molecule has 2 rings (SSSR count). The maximum Gasteiger partial charge on any atom is 0.328 e. The van der Waals surface area contributed by atoms with Crippen molar-refractivity contribution >= 4 is 11.9 Å². The van der Waals surface area contributed by atoms with Crippen molar-refractivity contribution in [3.63, 3.8) is 0 Å². The summed E-state index contributed by atoms with van der Waals surface area (Å²) in [6, 6.07) is -0.423. The number of carbonyl (C=O) groups is 2. The first-order valence-corrected chi connectivity index (χ1v) is 8.29. The molecule has 2 aliphatic rings. The number of rotatable bonds is 3. The van der Waals surface area contributed by atoms with Crippen LogP contribution in [-0.4, -0.2) is 24.5 Å². The first kappa shape index (κ1) is 16.3. The summed E-state index contributed by atoms with van der Waals surface area (Å²) in [5.41, 5.74) is 0.356. The Morgan fingerprint density at radius 3 is 2.38 bits per heavy atom. The molecule has 4 heteroatoms. The molecule has 1 saturated heterocycles. The number of hydrogen-bond donors (Lipinski definition) is 1. The van der Waals surface area contributed by atoms with Crippen molar-refractivity contribution in [1.82, 2.24) is 5.32 Å². The summed E-state index contributed by atoms with van der Waals surface area (Å²) >= 11 is 0. The quantitative estimate of drug-likeness (QED) is 0.815. The summed E-state index contributed by atoms with van der Waals surface area (Å²) < 4.78 is 5.12. The van der Waals surface area contributed by atoms with Crippen LogP contribution in [0.3, 0.4) is 0 Å². The fraction of sp³-hybridized carbons (Fsp3) is 0.882. The monoisotopic (exact) mass is 295 g/mol. The Kier molecular flexibility index (Phi) is 4.95. The van der Waals surface area contributed by atoms with Crippen LogP contribution >= 0.6 is 0 Å². The van der Waals surface area contributed by atoms with Gasteiger partial charge in [0.25, 0.3) is 0 Å². The van der Waals surface area contributed by atoms with Crippen LogP contribution in [0.2, 0.25) is 0 Å². The van der Waals surface area contributed by atoms with Crippen LogP contribution in [-0.2, 0) is 14.3 Å². The number of ether oxygens (including phenoxy) is 1. The van der Waals surface area contributed by atoms with E-state index in [9.17, 15) is 9.59 Å². The van der Waals surface area contributed by atoms with E-state index in [0.29, 0.717) is 24.4 Å². The van der Waals surface area contributed by atoms with Gasteiger partial charge in [-0.1, -0.05) is 20.8 Å². The van der Waals surface area contributed by atoms with Crippen molar-refractivity contribution in [3.05, 3.63) is 0 Å². The van der Waals surface area contributed by atoms with Gasteiger partial charge in [0.1, 0.15) is 6.04 Å². The standard InChI is InChI=1S/C17H29NO3/c1-5-21-16(20)15-13(10-14(19)18-15)11-6-8-12(9-7-11)17(2,3)4/h11-13,15H,5-10H2,1-4H3,(H,18,19). The summed E-state index contributed by atoms with van der Waals surface area (Å²) in [6.07, 6.45) is 5.13. The molecule has 0 bridgehead atoms. The van der Waals surface area contributed by atoms with Crippen molar-refractivity contribution in [2.75, 3.05) is 6.61 Å². The normalized spacial score (nSPS) is 33.6. The topological polar surface area (TPSA) is 55.4 Å². The van der Waals surface area contributed by atoms with Gasteiger partial charge in [-0.2, -0.15) is 0 Å². The first-order chi connectivity index (χ1) is 9.82. The van der Waals surface area contributed by atoms with E-state index in [2.05, 4.69) is 26.1 Å². The van der Waals surface area contributed by atoms with Gasteiger partial charge >= 0.3 is 5.97 Å². The van der Waals surface area contributed by atoms with E-state index in [0.717, 1.165) is 18.8 Å². The van der Waals surface area contributed by atoms with E-state index in [1.165, 1.54) is 12.8 Å². The molecule has 1 aliphatic carbocycles. The van der Waals surface area contributed by atoms with E-state index in [4.69, 9.17) is 4.74 Å². The molecule has 21 heavy (non-hydrogen) atoms. The average molecular weight is 295 g/mol.